The molecule has 2 aliphatic rings. The van der Waals surface area contributed by atoms with Crippen molar-refractivity contribution >= 4 is 39.9 Å². The molecule has 0 aliphatic carbocycles. The van der Waals surface area contributed by atoms with Gasteiger partial charge >= 0.3 is 0 Å². The highest BCUT2D eigenvalue weighted by Crippen LogP contribution is 2.38. The molecule has 0 radical (unpaired) electrons. The van der Waals surface area contributed by atoms with E-state index in [-0.39, 0.29) is 23.8 Å². The Balaban J connectivity index is 1.78. The minimum absolute atomic E-state index is 0.135. The molecule has 0 unspecified atom stereocenters. The SMILES string of the molecule is O=C1NC(=O)C(=Cc2cc3c(cc2Br)OCO3)C1=Cc1ccc(F)cc1. The predicted molar refractivity (Wildman–Crippen MR) is 95.8 cm³/mol. The molecule has 0 bridgehead atoms. The summed E-state index contributed by atoms with van der Waals surface area (Å²) in [6.07, 6.45) is 3.15. The minimum Gasteiger partial charge on any atom is -0.454 e. The fraction of sp³-hybridized carbons (Fsp3) is 0.0526. The van der Waals surface area contributed by atoms with Crippen molar-refractivity contribution in [3.8, 4) is 11.5 Å². The molecule has 2 aliphatic heterocycles. The summed E-state index contributed by atoms with van der Waals surface area (Å²) in [7, 11) is 0. The molecule has 1 N–H and O–H groups in total. The van der Waals surface area contributed by atoms with Crippen LogP contribution in [0.25, 0.3) is 12.2 Å². The van der Waals surface area contributed by atoms with Crippen LogP contribution in [0.15, 0.2) is 52.0 Å². The molecule has 2 aromatic carbocycles. The van der Waals surface area contributed by atoms with Gasteiger partial charge in [-0.05, 0) is 47.5 Å². The standard InChI is InChI=1S/C19H11BrFNO4/c20-15-8-17-16(25-9-26-17)7-11(15)6-14-13(18(23)22-19(14)24)5-10-1-3-12(21)4-2-10/h1-8H,9H2,(H,22,23,24). The van der Waals surface area contributed by atoms with E-state index in [9.17, 15) is 14.0 Å². The first kappa shape index (κ1) is 16.5. The maximum atomic E-state index is 13.1. The van der Waals surface area contributed by atoms with E-state index >= 15 is 0 Å². The van der Waals surface area contributed by atoms with Gasteiger partial charge in [0.05, 0.1) is 11.1 Å². The molecule has 2 amide bonds. The third-order valence-electron chi connectivity index (χ3n) is 3.98. The molecule has 1 fully saturated rings. The van der Waals surface area contributed by atoms with E-state index in [0.29, 0.717) is 27.1 Å². The summed E-state index contributed by atoms with van der Waals surface area (Å²) in [6, 6.07) is 9.12. The lowest BCUT2D eigenvalue weighted by Gasteiger charge is -2.04. The second kappa shape index (κ2) is 6.42. The predicted octanol–water partition coefficient (Wildman–Crippen LogP) is 3.44. The molecule has 0 spiro atoms. The average molecular weight is 416 g/mol. The second-order valence-electron chi connectivity index (χ2n) is 5.68. The molecule has 130 valence electrons. The summed E-state index contributed by atoms with van der Waals surface area (Å²) in [4.78, 5) is 24.4. The number of carbonyl (C=O) groups excluding carboxylic acids is 2. The average Bonchev–Trinajstić information content (AvgIpc) is 3.15. The number of halogens is 2. The van der Waals surface area contributed by atoms with E-state index in [0.717, 1.165) is 0 Å². The highest BCUT2D eigenvalue weighted by atomic mass is 79.9. The van der Waals surface area contributed by atoms with Gasteiger partial charge in [0.15, 0.2) is 11.5 Å². The van der Waals surface area contributed by atoms with E-state index in [2.05, 4.69) is 21.2 Å². The lowest BCUT2D eigenvalue weighted by molar-refractivity contribution is -0.123. The first-order valence-corrected chi connectivity index (χ1v) is 8.45. The fourth-order valence-electron chi connectivity index (χ4n) is 2.69. The molecular weight excluding hydrogens is 405 g/mol. The van der Waals surface area contributed by atoms with Gasteiger partial charge in [-0.15, -0.1) is 0 Å². The van der Waals surface area contributed by atoms with Crippen LogP contribution in [-0.2, 0) is 9.59 Å². The van der Waals surface area contributed by atoms with Crippen molar-refractivity contribution in [2.24, 2.45) is 0 Å². The molecule has 0 atom stereocenters. The van der Waals surface area contributed by atoms with Crippen LogP contribution in [0, 0.1) is 5.82 Å². The zero-order valence-electron chi connectivity index (χ0n) is 13.2. The summed E-state index contributed by atoms with van der Waals surface area (Å²) in [5.41, 5.74) is 1.71. The van der Waals surface area contributed by atoms with Gasteiger partial charge < -0.3 is 9.47 Å². The van der Waals surface area contributed by atoms with Crippen LogP contribution in [0.4, 0.5) is 4.39 Å². The van der Waals surface area contributed by atoms with E-state index < -0.39 is 11.8 Å². The normalized spacial score (nSPS) is 18.7. The van der Waals surface area contributed by atoms with Crippen molar-refractivity contribution in [1.82, 2.24) is 5.32 Å². The van der Waals surface area contributed by atoms with Crippen LogP contribution < -0.4 is 14.8 Å². The van der Waals surface area contributed by atoms with E-state index in [1.807, 2.05) is 0 Å². The Kier molecular flexibility index (Phi) is 4.08. The quantitative estimate of drug-likeness (QED) is 0.602. The summed E-state index contributed by atoms with van der Waals surface area (Å²) in [5.74, 6) is -0.198. The Hall–Kier alpha value is -2.93. The number of hydrogen-bond donors (Lipinski definition) is 1. The summed E-state index contributed by atoms with van der Waals surface area (Å²) < 4.78 is 24.4. The topological polar surface area (TPSA) is 64.6 Å². The highest BCUT2D eigenvalue weighted by Gasteiger charge is 2.30. The smallest absolute Gasteiger partial charge is 0.258 e. The number of carbonyl (C=O) groups is 2. The Morgan fingerprint density at radius 2 is 1.58 bits per heavy atom. The number of rotatable bonds is 2. The number of amides is 2. The number of fused-ring (bicyclic) bond motifs is 1. The van der Waals surface area contributed by atoms with Crippen molar-refractivity contribution in [1.29, 1.82) is 0 Å². The van der Waals surface area contributed by atoms with Gasteiger partial charge in [-0.3, -0.25) is 14.9 Å². The van der Waals surface area contributed by atoms with Gasteiger partial charge in [0.1, 0.15) is 5.82 Å². The van der Waals surface area contributed by atoms with Gasteiger partial charge in [0.2, 0.25) is 6.79 Å². The molecule has 5 nitrogen and oxygen atoms in total. The number of ether oxygens (including phenoxy) is 2. The maximum absolute atomic E-state index is 13.1. The fourth-order valence-corrected chi connectivity index (χ4v) is 3.13. The van der Waals surface area contributed by atoms with Crippen molar-refractivity contribution in [2.45, 2.75) is 0 Å². The molecular formula is C19H11BrFNO4. The van der Waals surface area contributed by atoms with Crippen LogP contribution in [0.3, 0.4) is 0 Å². The monoisotopic (exact) mass is 415 g/mol. The van der Waals surface area contributed by atoms with Gasteiger partial charge in [-0.25, -0.2) is 4.39 Å². The number of benzene rings is 2. The zero-order valence-corrected chi connectivity index (χ0v) is 14.8. The number of hydrogen-bond acceptors (Lipinski definition) is 4. The second-order valence-corrected chi connectivity index (χ2v) is 6.53. The molecule has 7 heteroatoms. The van der Waals surface area contributed by atoms with Crippen molar-refractivity contribution < 1.29 is 23.5 Å². The van der Waals surface area contributed by atoms with Crippen LogP contribution in [0.5, 0.6) is 11.5 Å². The molecule has 2 aromatic rings. The van der Waals surface area contributed by atoms with Gasteiger partial charge in [0, 0.05) is 4.47 Å². The summed E-state index contributed by atoms with van der Waals surface area (Å²) >= 11 is 3.43. The van der Waals surface area contributed by atoms with Gasteiger partial charge in [0.25, 0.3) is 11.8 Å². The molecule has 26 heavy (non-hydrogen) atoms. The molecule has 4 rings (SSSR count). The van der Waals surface area contributed by atoms with Gasteiger partial charge in [-0.1, -0.05) is 28.1 Å². The van der Waals surface area contributed by atoms with Crippen LogP contribution in [-0.4, -0.2) is 18.6 Å². The molecule has 2 heterocycles. The van der Waals surface area contributed by atoms with Crippen LogP contribution >= 0.6 is 15.9 Å². The van der Waals surface area contributed by atoms with E-state index in [1.165, 1.54) is 24.3 Å². The Morgan fingerprint density at radius 1 is 0.962 bits per heavy atom. The number of imide groups is 1. The van der Waals surface area contributed by atoms with Gasteiger partial charge in [-0.2, -0.15) is 0 Å². The first-order chi connectivity index (χ1) is 12.5. The Labute approximate surface area is 156 Å². The third kappa shape index (κ3) is 3.01. The van der Waals surface area contributed by atoms with E-state index in [1.54, 1.807) is 24.3 Å². The molecule has 1 saturated heterocycles. The summed E-state index contributed by atoms with van der Waals surface area (Å²) in [6.45, 7) is 0.135. The molecule has 0 aromatic heterocycles. The number of nitrogens with one attached hydrogen (secondary N) is 1. The highest BCUT2D eigenvalue weighted by molar-refractivity contribution is 9.10. The lowest BCUT2D eigenvalue weighted by atomic mass is 10.0. The Morgan fingerprint density at radius 3 is 2.27 bits per heavy atom. The summed E-state index contributed by atoms with van der Waals surface area (Å²) in [5, 5.41) is 2.28. The van der Waals surface area contributed by atoms with Crippen molar-refractivity contribution in [2.75, 3.05) is 6.79 Å². The largest absolute Gasteiger partial charge is 0.454 e. The van der Waals surface area contributed by atoms with E-state index in [4.69, 9.17) is 9.47 Å². The first-order valence-electron chi connectivity index (χ1n) is 7.65. The Bertz CT molecular complexity index is 995. The lowest BCUT2D eigenvalue weighted by Crippen LogP contribution is -2.19. The minimum atomic E-state index is -0.498. The van der Waals surface area contributed by atoms with Crippen molar-refractivity contribution in [3.63, 3.8) is 0 Å². The van der Waals surface area contributed by atoms with Crippen molar-refractivity contribution in [3.05, 3.63) is 69.0 Å². The third-order valence-corrected chi connectivity index (χ3v) is 4.67. The zero-order chi connectivity index (χ0) is 18.3. The maximum Gasteiger partial charge on any atom is 0.258 e. The van der Waals surface area contributed by atoms with Crippen LogP contribution in [0.2, 0.25) is 0 Å². The molecule has 0 saturated carbocycles. The van der Waals surface area contributed by atoms with Crippen LogP contribution in [0.1, 0.15) is 11.1 Å².